The maximum atomic E-state index is 11.5. The lowest BCUT2D eigenvalue weighted by molar-refractivity contribution is 0.0601. The van der Waals surface area contributed by atoms with E-state index < -0.39 is 0 Å². The smallest absolute Gasteiger partial charge is 0.337 e. The van der Waals surface area contributed by atoms with Crippen molar-refractivity contribution in [2.24, 2.45) is 4.99 Å². The summed E-state index contributed by atoms with van der Waals surface area (Å²) in [6.07, 6.45) is 1.73. The molecule has 0 spiro atoms. The van der Waals surface area contributed by atoms with Crippen LogP contribution in [0.15, 0.2) is 41.4 Å². The van der Waals surface area contributed by atoms with Gasteiger partial charge in [-0.3, -0.25) is 4.99 Å². The molecule has 0 heterocycles. The number of aliphatic imine (C=N–C) groups is 1. The summed E-state index contributed by atoms with van der Waals surface area (Å²) in [5, 5.41) is 0. The van der Waals surface area contributed by atoms with E-state index in [2.05, 4.69) is 4.99 Å². The van der Waals surface area contributed by atoms with E-state index in [-0.39, 0.29) is 5.97 Å². The molecule has 23 heavy (non-hydrogen) atoms. The van der Waals surface area contributed by atoms with Gasteiger partial charge in [0.1, 0.15) is 0 Å². The van der Waals surface area contributed by atoms with Crippen LogP contribution in [0, 0.1) is 6.92 Å². The van der Waals surface area contributed by atoms with Crippen LogP contribution in [0.4, 0.5) is 5.69 Å². The highest BCUT2D eigenvalue weighted by atomic mass is 16.5. The lowest BCUT2D eigenvalue weighted by atomic mass is 10.1. The number of methoxy groups -OCH3 is 3. The fourth-order valence-electron chi connectivity index (χ4n) is 2.11. The fraction of sp³-hybridized carbons (Fsp3) is 0.222. The van der Waals surface area contributed by atoms with Crippen LogP contribution in [0.25, 0.3) is 0 Å². The molecule has 0 aromatic heterocycles. The molecule has 0 amide bonds. The summed E-state index contributed by atoms with van der Waals surface area (Å²) < 4.78 is 15.3. The average molecular weight is 313 g/mol. The summed E-state index contributed by atoms with van der Waals surface area (Å²) in [6, 6.07) is 10.7. The summed E-state index contributed by atoms with van der Waals surface area (Å²) in [6.45, 7) is 1.97. The van der Waals surface area contributed by atoms with Crippen LogP contribution >= 0.6 is 0 Å². The molecule has 0 atom stereocenters. The van der Waals surface area contributed by atoms with Crippen molar-refractivity contribution >= 4 is 17.9 Å². The van der Waals surface area contributed by atoms with Gasteiger partial charge in [0.25, 0.3) is 0 Å². The van der Waals surface area contributed by atoms with Gasteiger partial charge in [0.05, 0.1) is 32.6 Å². The van der Waals surface area contributed by atoms with Gasteiger partial charge < -0.3 is 14.2 Å². The monoisotopic (exact) mass is 313 g/mol. The number of carbonyl (C=O) groups excluding carboxylic acids is 1. The van der Waals surface area contributed by atoms with Gasteiger partial charge >= 0.3 is 5.97 Å². The summed E-state index contributed by atoms with van der Waals surface area (Å²) >= 11 is 0. The van der Waals surface area contributed by atoms with Gasteiger partial charge in [-0.25, -0.2) is 4.79 Å². The van der Waals surface area contributed by atoms with Crippen molar-refractivity contribution in [3.63, 3.8) is 0 Å². The second-order valence-corrected chi connectivity index (χ2v) is 4.86. The minimum atomic E-state index is -0.385. The van der Waals surface area contributed by atoms with E-state index in [1.165, 1.54) is 7.11 Å². The largest absolute Gasteiger partial charge is 0.493 e. The maximum Gasteiger partial charge on any atom is 0.337 e. The molecular weight excluding hydrogens is 294 g/mol. The van der Waals surface area contributed by atoms with Gasteiger partial charge in [0.2, 0.25) is 0 Å². The molecule has 5 heteroatoms. The highest BCUT2D eigenvalue weighted by Crippen LogP contribution is 2.29. The topological polar surface area (TPSA) is 57.1 Å². The molecule has 2 aromatic carbocycles. The molecule has 0 fully saturated rings. The third-order valence-corrected chi connectivity index (χ3v) is 3.39. The highest BCUT2D eigenvalue weighted by Gasteiger charge is 2.08. The second-order valence-electron chi connectivity index (χ2n) is 4.86. The molecule has 2 aromatic rings. The molecule has 0 N–H and O–H groups in total. The predicted octanol–water partition coefficient (Wildman–Crippen LogP) is 3.55. The van der Waals surface area contributed by atoms with Crippen LogP contribution in [0.3, 0.4) is 0 Å². The predicted molar refractivity (Wildman–Crippen MR) is 89.3 cm³/mol. The quantitative estimate of drug-likeness (QED) is 0.626. The number of hydrogen-bond acceptors (Lipinski definition) is 5. The van der Waals surface area contributed by atoms with E-state index in [9.17, 15) is 4.79 Å². The van der Waals surface area contributed by atoms with Crippen molar-refractivity contribution in [2.45, 2.75) is 6.92 Å². The molecule has 0 radical (unpaired) electrons. The molecule has 0 unspecified atom stereocenters. The molecule has 2 rings (SSSR count). The molecule has 0 saturated carbocycles. The van der Waals surface area contributed by atoms with Gasteiger partial charge in [-0.05, 0) is 48.4 Å². The Kier molecular flexibility index (Phi) is 5.36. The molecule has 0 aliphatic rings. The fourth-order valence-corrected chi connectivity index (χ4v) is 2.11. The minimum Gasteiger partial charge on any atom is -0.493 e. The number of rotatable bonds is 5. The lowest BCUT2D eigenvalue weighted by Crippen LogP contribution is -2.00. The Balaban J connectivity index is 2.32. The molecule has 0 aliphatic heterocycles. The van der Waals surface area contributed by atoms with Crippen LogP contribution in [0.1, 0.15) is 21.5 Å². The summed E-state index contributed by atoms with van der Waals surface area (Å²) in [7, 11) is 4.54. The van der Waals surface area contributed by atoms with Crippen LogP contribution in [-0.2, 0) is 4.74 Å². The van der Waals surface area contributed by atoms with Crippen molar-refractivity contribution in [3.05, 3.63) is 53.1 Å². The van der Waals surface area contributed by atoms with E-state index in [0.717, 1.165) is 11.1 Å². The Bertz CT molecular complexity index is 738. The van der Waals surface area contributed by atoms with Crippen molar-refractivity contribution in [1.82, 2.24) is 0 Å². The third-order valence-electron chi connectivity index (χ3n) is 3.39. The molecule has 120 valence electrons. The summed E-state index contributed by atoms with van der Waals surface area (Å²) in [5.41, 5.74) is 3.05. The van der Waals surface area contributed by atoms with Crippen LogP contribution in [-0.4, -0.2) is 33.5 Å². The zero-order valence-electron chi connectivity index (χ0n) is 13.6. The van der Waals surface area contributed by atoms with Gasteiger partial charge in [0.15, 0.2) is 11.5 Å². The number of carbonyl (C=O) groups is 1. The molecule has 0 saturated heterocycles. The van der Waals surface area contributed by atoms with Crippen molar-refractivity contribution < 1.29 is 19.0 Å². The van der Waals surface area contributed by atoms with E-state index in [1.807, 2.05) is 25.1 Å². The van der Waals surface area contributed by atoms with Gasteiger partial charge in [-0.15, -0.1) is 0 Å². The zero-order chi connectivity index (χ0) is 16.8. The first-order valence-electron chi connectivity index (χ1n) is 7.04. The third kappa shape index (κ3) is 3.88. The highest BCUT2D eigenvalue weighted by molar-refractivity contribution is 5.91. The van der Waals surface area contributed by atoms with Crippen molar-refractivity contribution in [2.75, 3.05) is 21.3 Å². The van der Waals surface area contributed by atoms with Crippen LogP contribution < -0.4 is 9.47 Å². The lowest BCUT2D eigenvalue weighted by Gasteiger charge is -2.10. The van der Waals surface area contributed by atoms with E-state index in [4.69, 9.17) is 14.2 Å². The van der Waals surface area contributed by atoms with Crippen molar-refractivity contribution in [3.8, 4) is 11.5 Å². The SMILES string of the molecule is COC(=O)c1cccc(N=Cc2cc(OC)c(OC)cc2C)c1. The normalized spacial score (nSPS) is 10.6. The van der Waals surface area contributed by atoms with Gasteiger partial charge in [0, 0.05) is 6.21 Å². The standard InChI is InChI=1S/C18H19NO4/c1-12-8-16(21-2)17(22-3)10-14(12)11-19-15-7-5-6-13(9-15)18(20)23-4/h5-11H,1-4H3. The van der Waals surface area contributed by atoms with Crippen LogP contribution in [0.2, 0.25) is 0 Å². The maximum absolute atomic E-state index is 11.5. The molecular formula is C18H19NO4. The summed E-state index contributed by atoms with van der Waals surface area (Å²) in [5.74, 6) is 0.932. The first-order chi connectivity index (χ1) is 11.1. The summed E-state index contributed by atoms with van der Waals surface area (Å²) in [4.78, 5) is 16.0. The number of ether oxygens (including phenoxy) is 3. The van der Waals surface area contributed by atoms with Crippen LogP contribution in [0.5, 0.6) is 11.5 Å². The van der Waals surface area contributed by atoms with E-state index >= 15 is 0 Å². The van der Waals surface area contributed by atoms with Gasteiger partial charge in [-0.2, -0.15) is 0 Å². The number of esters is 1. The number of nitrogens with zero attached hydrogens (tertiary/aromatic N) is 1. The average Bonchev–Trinajstić information content (AvgIpc) is 2.59. The molecule has 5 nitrogen and oxygen atoms in total. The Morgan fingerprint density at radius 2 is 1.74 bits per heavy atom. The Morgan fingerprint density at radius 3 is 2.39 bits per heavy atom. The second kappa shape index (κ2) is 7.45. The number of aryl methyl sites for hydroxylation is 1. The Morgan fingerprint density at radius 1 is 1.04 bits per heavy atom. The minimum absolute atomic E-state index is 0.385. The molecule has 0 bridgehead atoms. The van der Waals surface area contributed by atoms with E-state index in [1.54, 1.807) is 38.6 Å². The first kappa shape index (κ1) is 16.5. The number of benzene rings is 2. The molecule has 0 aliphatic carbocycles. The first-order valence-corrected chi connectivity index (χ1v) is 7.04. The van der Waals surface area contributed by atoms with Gasteiger partial charge in [-0.1, -0.05) is 6.07 Å². The number of hydrogen-bond donors (Lipinski definition) is 0. The Labute approximate surface area is 135 Å². The Hall–Kier alpha value is -2.82. The zero-order valence-corrected chi connectivity index (χ0v) is 13.6. The van der Waals surface area contributed by atoms with Crippen molar-refractivity contribution in [1.29, 1.82) is 0 Å². The van der Waals surface area contributed by atoms with E-state index in [0.29, 0.717) is 22.7 Å².